The quantitative estimate of drug-likeness (QED) is 0.232. The van der Waals surface area contributed by atoms with Crippen molar-refractivity contribution in [2.75, 3.05) is 0 Å². The van der Waals surface area contributed by atoms with Gasteiger partial charge in [0.05, 0.1) is 22.8 Å². The van der Waals surface area contributed by atoms with E-state index in [2.05, 4.69) is 28.2 Å². The fourth-order valence-corrected chi connectivity index (χ4v) is 4.01. The minimum absolute atomic E-state index is 0. The minimum Gasteiger partial charge on any atom is -0.355 e. The molecule has 0 amide bonds. The number of nitrogens with zero attached hydrogens (tertiary/aromatic N) is 2. The number of hydrogen-bond acceptors (Lipinski definition) is 2. The zero-order chi connectivity index (χ0) is 20.8. The maximum absolute atomic E-state index is 6.10. The Morgan fingerprint density at radius 1 is 0.562 bits per heavy atom. The van der Waals surface area contributed by atoms with Gasteiger partial charge < -0.3 is 9.97 Å². The van der Waals surface area contributed by atoms with Gasteiger partial charge in [-0.2, -0.15) is 0 Å². The molecule has 0 unspecified atom stereocenters. The summed E-state index contributed by atoms with van der Waals surface area (Å²) in [5.41, 5.74) is 9.79. The number of fused-ring (bicyclic) bond motifs is 8. The van der Waals surface area contributed by atoms with E-state index >= 15 is 0 Å². The average molecular weight is 517 g/mol. The Bertz CT molecular complexity index is 1540. The molecule has 154 valence electrons. The van der Waals surface area contributed by atoms with E-state index in [1.807, 2.05) is 72.8 Å². The number of benzene rings is 1. The van der Waals surface area contributed by atoms with Crippen LogP contribution < -0.4 is 0 Å². The number of rotatable bonds is 1. The molecule has 0 spiro atoms. The van der Waals surface area contributed by atoms with Gasteiger partial charge >= 0.3 is 0 Å². The topological polar surface area (TPSA) is 57.4 Å². The molecule has 6 heteroatoms. The first kappa shape index (κ1) is 20.7. The first-order chi connectivity index (χ1) is 15.2. The molecule has 2 aliphatic heterocycles. The van der Waals surface area contributed by atoms with Gasteiger partial charge in [0.15, 0.2) is 0 Å². The second-order valence-electron chi connectivity index (χ2n) is 7.60. The summed E-state index contributed by atoms with van der Waals surface area (Å²) in [5.74, 6) is 0. The van der Waals surface area contributed by atoms with Crippen LogP contribution >= 0.6 is 11.6 Å². The van der Waals surface area contributed by atoms with Crippen LogP contribution in [-0.4, -0.2) is 19.9 Å². The van der Waals surface area contributed by atoms with E-state index in [0.717, 1.165) is 61.0 Å². The number of nitrogens with one attached hydrogen (secondary N) is 2. The van der Waals surface area contributed by atoms with Gasteiger partial charge in [-0.25, -0.2) is 9.97 Å². The molecule has 0 atom stereocenters. The predicted octanol–water partition coefficient (Wildman–Crippen LogP) is 6.97. The Hall–Kier alpha value is -3.20. The van der Waals surface area contributed by atoms with E-state index in [0.29, 0.717) is 0 Å². The summed E-state index contributed by atoms with van der Waals surface area (Å²) < 4.78 is 0. The van der Waals surface area contributed by atoms with Gasteiger partial charge in [-0.15, -0.1) is 0 Å². The molecule has 0 fully saturated rings. The molecule has 1 aromatic carbocycles. The molecule has 2 N–H and O–H groups in total. The SMILES string of the molecule is Clc1ccc(-c2cc3cc4nc(cc5ccc(cc6nc(cc2[nH]3)C=C6)[nH]5)C=C4)cc1.[Mo]. The van der Waals surface area contributed by atoms with Crippen LogP contribution in [0.15, 0.2) is 66.7 Å². The second-order valence-corrected chi connectivity index (χ2v) is 8.03. The fraction of sp³-hybridized carbons (Fsp3) is 0. The standard InChI is InChI=1S/C26H17ClN4.Mo/c27-17-3-1-16(2-4-17)25-14-24-13-22-8-7-20(29-22)11-18-5-6-19(28-18)12-21-9-10-23(30-21)15-26(25)31-24;/h1-15,28,31H;. The molecule has 6 rings (SSSR count). The molecule has 2 aliphatic rings. The molecule has 32 heavy (non-hydrogen) atoms. The molecule has 0 radical (unpaired) electrons. The molecule has 0 saturated carbocycles. The van der Waals surface area contributed by atoms with Crippen LogP contribution in [0, 0.1) is 0 Å². The van der Waals surface area contributed by atoms with Crippen molar-refractivity contribution in [2.45, 2.75) is 0 Å². The molecule has 5 heterocycles. The minimum atomic E-state index is 0. The van der Waals surface area contributed by atoms with Crippen LogP contribution in [-0.2, 0) is 21.1 Å². The number of aromatic amines is 2. The van der Waals surface area contributed by atoms with Crippen molar-refractivity contribution < 1.29 is 21.1 Å². The summed E-state index contributed by atoms with van der Waals surface area (Å²) in [4.78, 5) is 16.4. The summed E-state index contributed by atoms with van der Waals surface area (Å²) in [6.45, 7) is 0. The van der Waals surface area contributed by atoms with Crippen LogP contribution in [0.1, 0.15) is 22.8 Å². The van der Waals surface area contributed by atoms with Crippen molar-refractivity contribution >= 4 is 58.0 Å². The van der Waals surface area contributed by atoms with E-state index in [1.165, 1.54) is 0 Å². The van der Waals surface area contributed by atoms with Crippen molar-refractivity contribution in [1.82, 2.24) is 19.9 Å². The monoisotopic (exact) mass is 518 g/mol. The Morgan fingerprint density at radius 2 is 1.09 bits per heavy atom. The molecular formula is C26H17ClMoN4. The van der Waals surface area contributed by atoms with E-state index in [1.54, 1.807) is 0 Å². The maximum Gasteiger partial charge on any atom is 0.0658 e. The van der Waals surface area contributed by atoms with Crippen LogP contribution in [0.25, 0.3) is 57.5 Å². The second kappa shape index (κ2) is 8.38. The summed E-state index contributed by atoms with van der Waals surface area (Å²) in [6.07, 6.45) is 8.10. The summed E-state index contributed by atoms with van der Waals surface area (Å²) in [6, 6.07) is 22.3. The predicted molar refractivity (Wildman–Crippen MR) is 129 cm³/mol. The number of aromatic nitrogens is 4. The van der Waals surface area contributed by atoms with Crippen LogP contribution in [0.3, 0.4) is 0 Å². The molecule has 0 aliphatic carbocycles. The third kappa shape index (κ3) is 4.12. The van der Waals surface area contributed by atoms with Gasteiger partial charge in [0, 0.05) is 53.7 Å². The summed E-state index contributed by atoms with van der Waals surface area (Å²) in [7, 11) is 0. The van der Waals surface area contributed by atoms with Gasteiger partial charge in [-0.05, 0) is 84.5 Å². The van der Waals surface area contributed by atoms with Gasteiger partial charge in [0.1, 0.15) is 0 Å². The van der Waals surface area contributed by atoms with Gasteiger partial charge in [0.2, 0.25) is 0 Å². The van der Waals surface area contributed by atoms with E-state index < -0.39 is 0 Å². The van der Waals surface area contributed by atoms with Crippen molar-refractivity contribution in [3.8, 4) is 11.1 Å². The molecule has 4 nitrogen and oxygen atoms in total. The third-order valence-corrected chi connectivity index (χ3v) is 5.58. The maximum atomic E-state index is 6.10. The summed E-state index contributed by atoms with van der Waals surface area (Å²) >= 11 is 6.10. The van der Waals surface area contributed by atoms with Crippen molar-refractivity contribution in [3.63, 3.8) is 0 Å². The van der Waals surface area contributed by atoms with Crippen molar-refractivity contribution in [2.24, 2.45) is 0 Å². The van der Waals surface area contributed by atoms with Gasteiger partial charge in [-0.1, -0.05) is 23.7 Å². The zero-order valence-electron chi connectivity index (χ0n) is 16.8. The Balaban J connectivity index is 0.00000216. The smallest absolute Gasteiger partial charge is 0.0658 e. The molecule has 8 bridgehead atoms. The zero-order valence-corrected chi connectivity index (χ0v) is 19.6. The van der Waals surface area contributed by atoms with Crippen LogP contribution in [0.4, 0.5) is 0 Å². The average Bonchev–Trinajstić information content (AvgIpc) is 3.54. The summed E-state index contributed by atoms with van der Waals surface area (Å²) in [5, 5.41) is 0.720. The van der Waals surface area contributed by atoms with Gasteiger partial charge in [-0.3, -0.25) is 0 Å². The Morgan fingerprint density at radius 3 is 1.69 bits per heavy atom. The number of hydrogen-bond donors (Lipinski definition) is 2. The first-order valence-corrected chi connectivity index (χ1v) is 10.4. The Kier molecular flexibility index (Phi) is 5.42. The van der Waals surface area contributed by atoms with Crippen molar-refractivity contribution in [3.05, 3.63) is 94.5 Å². The molecular weight excluding hydrogens is 500 g/mol. The normalized spacial score (nSPS) is 12.0. The molecule has 0 saturated heterocycles. The fourth-order valence-electron chi connectivity index (χ4n) is 3.89. The number of halogens is 1. The van der Waals surface area contributed by atoms with Crippen LogP contribution in [0.5, 0.6) is 0 Å². The number of H-pyrrole nitrogens is 2. The van der Waals surface area contributed by atoms with Gasteiger partial charge in [0.25, 0.3) is 0 Å². The molecule has 3 aromatic heterocycles. The Labute approximate surface area is 204 Å². The first-order valence-electron chi connectivity index (χ1n) is 10.0. The van der Waals surface area contributed by atoms with Crippen molar-refractivity contribution in [1.29, 1.82) is 0 Å². The van der Waals surface area contributed by atoms with E-state index in [4.69, 9.17) is 21.6 Å². The third-order valence-electron chi connectivity index (χ3n) is 5.32. The van der Waals surface area contributed by atoms with E-state index in [-0.39, 0.29) is 21.1 Å². The van der Waals surface area contributed by atoms with E-state index in [9.17, 15) is 0 Å². The van der Waals surface area contributed by atoms with Crippen LogP contribution in [0.2, 0.25) is 5.02 Å². The molecule has 4 aromatic rings. The largest absolute Gasteiger partial charge is 0.355 e.